The number of fused-ring (bicyclic) bond motifs is 1. The lowest BCUT2D eigenvalue weighted by Crippen LogP contribution is -2.72. The number of carbonyl (C=O) groups is 3. The molecule has 0 saturated carbocycles. The van der Waals surface area contributed by atoms with Crippen LogP contribution in [0.1, 0.15) is 23.1 Å². The molecule has 3 aromatic rings. The number of nitrogens with one attached hydrogen (secondary N) is 1. The van der Waals surface area contributed by atoms with Crippen LogP contribution in [0.4, 0.5) is 4.79 Å². The zero-order valence-corrected chi connectivity index (χ0v) is 22.2. The maximum Gasteiger partial charge on any atom is 0.319 e. The minimum atomic E-state index is -0.744. The molecule has 2 fully saturated rings. The van der Waals surface area contributed by atoms with Crippen LogP contribution in [0.5, 0.6) is 0 Å². The van der Waals surface area contributed by atoms with Crippen molar-refractivity contribution in [3.63, 3.8) is 0 Å². The molecule has 0 radical (unpaired) electrons. The fourth-order valence-electron chi connectivity index (χ4n) is 5.15. The molecule has 9 heteroatoms. The molecule has 38 heavy (non-hydrogen) atoms. The van der Waals surface area contributed by atoms with Crippen LogP contribution in [0.25, 0.3) is 0 Å². The van der Waals surface area contributed by atoms with Crippen LogP contribution in [-0.4, -0.2) is 57.8 Å². The molecule has 5 rings (SSSR count). The predicted molar refractivity (Wildman–Crippen MR) is 146 cm³/mol. The van der Waals surface area contributed by atoms with Gasteiger partial charge in [0.05, 0.1) is 16.6 Å². The molecule has 2 heterocycles. The van der Waals surface area contributed by atoms with Crippen molar-refractivity contribution in [2.75, 3.05) is 13.1 Å². The van der Waals surface area contributed by atoms with E-state index in [9.17, 15) is 14.4 Å². The predicted octanol–water partition coefficient (Wildman–Crippen LogP) is 4.72. The van der Waals surface area contributed by atoms with Crippen LogP contribution >= 0.6 is 23.2 Å². The van der Waals surface area contributed by atoms with Gasteiger partial charge in [0.25, 0.3) is 0 Å². The fourth-order valence-corrected chi connectivity index (χ4v) is 5.53. The number of hydrogen-bond donors (Lipinski definition) is 1. The van der Waals surface area contributed by atoms with Gasteiger partial charge in [0.15, 0.2) is 0 Å². The molecule has 2 aliphatic heterocycles. The summed E-state index contributed by atoms with van der Waals surface area (Å²) < 4.78 is 0. The highest BCUT2D eigenvalue weighted by molar-refractivity contribution is 6.42. The largest absolute Gasteiger partial charge is 0.334 e. The normalized spacial score (nSPS) is 19.4. The number of benzene rings is 3. The second kappa shape index (κ2) is 11.5. The molecule has 2 atom stereocenters. The first-order valence-electron chi connectivity index (χ1n) is 12.6. The third-order valence-corrected chi connectivity index (χ3v) is 7.92. The van der Waals surface area contributed by atoms with Crippen LogP contribution in [0, 0.1) is 0 Å². The standard InChI is InChI=1S/C29H28Cl2N4O3/c30-23-13-7-12-22(27(23)31)18-33-19-25-34(29(38)32-17-21-10-5-2-6-11-21)15-14-26(36)35(25)24(28(33)37)16-20-8-3-1-4-9-20/h1-13,24-25H,14-19H2,(H,32,38)/t24?,25-/m1/s1. The average molecular weight is 551 g/mol. The maximum atomic E-state index is 13.9. The van der Waals surface area contributed by atoms with Crippen LogP contribution in [-0.2, 0) is 29.1 Å². The van der Waals surface area contributed by atoms with Crippen molar-refractivity contribution in [1.82, 2.24) is 20.0 Å². The van der Waals surface area contributed by atoms with Crippen LogP contribution < -0.4 is 5.32 Å². The highest BCUT2D eigenvalue weighted by atomic mass is 35.5. The number of urea groups is 1. The van der Waals surface area contributed by atoms with Crippen LogP contribution in [0.3, 0.4) is 0 Å². The van der Waals surface area contributed by atoms with Gasteiger partial charge in [-0.25, -0.2) is 4.79 Å². The van der Waals surface area contributed by atoms with Crippen molar-refractivity contribution in [2.24, 2.45) is 0 Å². The van der Waals surface area contributed by atoms with Crippen molar-refractivity contribution >= 4 is 41.0 Å². The first kappa shape index (κ1) is 26.1. The topological polar surface area (TPSA) is 73.0 Å². The van der Waals surface area contributed by atoms with Gasteiger partial charge in [-0.2, -0.15) is 0 Å². The van der Waals surface area contributed by atoms with Gasteiger partial charge in [-0.15, -0.1) is 0 Å². The van der Waals surface area contributed by atoms with Gasteiger partial charge in [0.1, 0.15) is 12.2 Å². The lowest BCUT2D eigenvalue weighted by Gasteiger charge is -2.52. The third-order valence-electron chi connectivity index (χ3n) is 7.06. The molecular formula is C29H28Cl2N4O3. The van der Waals surface area contributed by atoms with Crippen molar-refractivity contribution in [3.8, 4) is 0 Å². The highest BCUT2D eigenvalue weighted by Gasteiger charge is 2.48. The first-order valence-corrected chi connectivity index (χ1v) is 13.3. The molecule has 4 amide bonds. The van der Waals surface area contributed by atoms with Crippen molar-refractivity contribution in [2.45, 2.75) is 38.1 Å². The fraction of sp³-hybridized carbons (Fsp3) is 0.276. The Kier molecular flexibility index (Phi) is 7.86. The molecule has 0 aromatic heterocycles. The summed E-state index contributed by atoms with van der Waals surface area (Å²) in [6, 6.07) is 23.5. The van der Waals surface area contributed by atoms with E-state index in [0.29, 0.717) is 28.6 Å². The molecule has 2 aliphatic rings. The SMILES string of the molecule is O=C1C(Cc2ccccc2)N2C(=O)CCN(C(=O)NCc3ccccc3)[C@H]2CN1Cc1cccc(Cl)c1Cl. The minimum Gasteiger partial charge on any atom is -0.334 e. The van der Waals surface area contributed by atoms with E-state index in [1.54, 1.807) is 26.8 Å². The van der Waals surface area contributed by atoms with E-state index < -0.39 is 12.2 Å². The van der Waals surface area contributed by atoms with Crippen molar-refractivity contribution in [1.29, 1.82) is 0 Å². The Labute approximate surface area is 231 Å². The van der Waals surface area contributed by atoms with Crippen molar-refractivity contribution in [3.05, 3.63) is 106 Å². The number of carbonyl (C=O) groups excluding carboxylic acids is 3. The summed E-state index contributed by atoms with van der Waals surface area (Å²) >= 11 is 12.7. The monoisotopic (exact) mass is 550 g/mol. The van der Waals surface area contributed by atoms with Crippen LogP contribution in [0.2, 0.25) is 10.0 Å². The summed E-state index contributed by atoms with van der Waals surface area (Å²) in [7, 11) is 0. The molecule has 0 bridgehead atoms. The zero-order chi connectivity index (χ0) is 26.6. The molecular weight excluding hydrogens is 523 g/mol. The summed E-state index contributed by atoms with van der Waals surface area (Å²) in [5, 5.41) is 3.78. The van der Waals surface area contributed by atoms with E-state index >= 15 is 0 Å². The van der Waals surface area contributed by atoms with Gasteiger partial charge in [-0.1, -0.05) is 96.0 Å². The number of amides is 4. The lowest BCUT2D eigenvalue weighted by atomic mass is 9.97. The number of nitrogens with zero attached hydrogens (tertiary/aromatic N) is 3. The lowest BCUT2D eigenvalue weighted by molar-refractivity contribution is -0.167. The quantitative estimate of drug-likeness (QED) is 0.482. The highest BCUT2D eigenvalue weighted by Crippen LogP contribution is 2.31. The summed E-state index contributed by atoms with van der Waals surface area (Å²) in [6.07, 6.45) is -0.0915. The summed E-state index contributed by atoms with van der Waals surface area (Å²) in [5.41, 5.74) is 2.62. The van der Waals surface area contributed by atoms with Gasteiger partial charge in [0, 0.05) is 32.5 Å². The van der Waals surface area contributed by atoms with E-state index in [1.807, 2.05) is 66.7 Å². The first-order chi connectivity index (χ1) is 18.4. The number of rotatable bonds is 6. The summed E-state index contributed by atoms with van der Waals surface area (Å²) in [4.78, 5) is 45.4. The van der Waals surface area contributed by atoms with Gasteiger partial charge in [-0.3, -0.25) is 9.59 Å². The Morgan fingerprint density at radius 1 is 0.895 bits per heavy atom. The number of halogens is 2. The zero-order valence-electron chi connectivity index (χ0n) is 20.7. The summed E-state index contributed by atoms with van der Waals surface area (Å²) in [5.74, 6) is -0.308. The van der Waals surface area contributed by atoms with Crippen LogP contribution in [0.15, 0.2) is 78.9 Å². The Balaban J connectivity index is 1.44. The molecule has 7 nitrogen and oxygen atoms in total. The molecule has 0 spiro atoms. The molecule has 1 unspecified atom stereocenters. The van der Waals surface area contributed by atoms with Gasteiger partial charge in [-0.05, 0) is 22.8 Å². The Morgan fingerprint density at radius 2 is 1.58 bits per heavy atom. The molecule has 3 aromatic carbocycles. The molecule has 196 valence electrons. The molecule has 0 aliphatic carbocycles. The second-order valence-electron chi connectivity index (χ2n) is 9.51. The summed E-state index contributed by atoms with van der Waals surface area (Å²) in [6.45, 7) is 1.04. The van der Waals surface area contributed by atoms with E-state index in [-0.39, 0.29) is 43.9 Å². The Morgan fingerprint density at radius 3 is 2.29 bits per heavy atom. The second-order valence-corrected chi connectivity index (χ2v) is 10.3. The van der Waals surface area contributed by atoms with Gasteiger partial charge >= 0.3 is 6.03 Å². The van der Waals surface area contributed by atoms with E-state index in [1.165, 1.54) is 0 Å². The third kappa shape index (κ3) is 5.49. The van der Waals surface area contributed by atoms with Gasteiger partial charge < -0.3 is 20.0 Å². The molecule has 1 N–H and O–H groups in total. The van der Waals surface area contributed by atoms with E-state index in [2.05, 4.69) is 5.32 Å². The Hall–Kier alpha value is -3.55. The average Bonchev–Trinajstić information content (AvgIpc) is 2.93. The van der Waals surface area contributed by atoms with E-state index in [4.69, 9.17) is 23.2 Å². The van der Waals surface area contributed by atoms with Crippen molar-refractivity contribution < 1.29 is 14.4 Å². The van der Waals surface area contributed by atoms with Gasteiger partial charge in [0.2, 0.25) is 11.8 Å². The Bertz CT molecular complexity index is 1320. The maximum absolute atomic E-state index is 13.9. The van der Waals surface area contributed by atoms with E-state index in [0.717, 1.165) is 11.1 Å². The number of hydrogen-bond acceptors (Lipinski definition) is 3. The minimum absolute atomic E-state index is 0.128. The number of piperazine rings is 1. The molecule has 2 saturated heterocycles. The smallest absolute Gasteiger partial charge is 0.319 e.